The molecule has 1 aromatic heterocycles. The topological polar surface area (TPSA) is 93.5 Å². The first-order chi connectivity index (χ1) is 19.8. The Hall–Kier alpha value is -3.55. The summed E-state index contributed by atoms with van der Waals surface area (Å²) in [5, 5.41) is 12.6. The Morgan fingerprint density at radius 3 is 2.51 bits per heavy atom. The van der Waals surface area contributed by atoms with Crippen LogP contribution in [0.3, 0.4) is 0 Å². The van der Waals surface area contributed by atoms with E-state index in [1.165, 1.54) is 6.42 Å². The maximum atomic E-state index is 12.5. The number of aromatic nitrogens is 2. The van der Waals surface area contributed by atoms with Gasteiger partial charge >= 0.3 is 5.97 Å². The van der Waals surface area contributed by atoms with Gasteiger partial charge in [0, 0.05) is 46.7 Å². The average molecular weight is 597 g/mol. The second-order valence-electron chi connectivity index (χ2n) is 10.1. The number of nitrogens with zero attached hydrogens (tertiary/aromatic N) is 2. The molecule has 4 rings (SSSR count). The van der Waals surface area contributed by atoms with Crippen LogP contribution in [0.15, 0.2) is 60.7 Å². The smallest absolute Gasteiger partial charge is 0.305 e. The quantitative estimate of drug-likeness (QED) is 0.145. The van der Waals surface area contributed by atoms with Crippen LogP contribution in [-0.4, -0.2) is 33.1 Å². The van der Waals surface area contributed by atoms with Gasteiger partial charge in [-0.1, -0.05) is 74.0 Å². The summed E-state index contributed by atoms with van der Waals surface area (Å²) in [7, 11) is 2.03. The van der Waals surface area contributed by atoms with Gasteiger partial charge in [-0.05, 0) is 48.4 Å². The molecule has 0 saturated heterocycles. The summed E-state index contributed by atoms with van der Waals surface area (Å²) in [6.45, 7) is 2.61. The predicted molar refractivity (Wildman–Crippen MR) is 163 cm³/mol. The van der Waals surface area contributed by atoms with E-state index >= 15 is 0 Å². The van der Waals surface area contributed by atoms with Gasteiger partial charge in [0.1, 0.15) is 18.2 Å². The third kappa shape index (κ3) is 8.02. The van der Waals surface area contributed by atoms with E-state index in [4.69, 9.17) is 38.0 Å². The fourth-order valence-electron chi connectivity index (χ4n) is 4.87. The van der Waals surface area contributed by atoms with E-state index < -0.39 is 5.97 Å². The molecule has 1 heterocycles. The molecule has 0 saturated carbocycles. The lowest BCUT2D eigenvalue weighted by Gasteiger charge is -2.18. The fourth-order valence-corrected chi connectivity index (χ4v) is 5.33. The van der Waals surface area contributed by atoms with Crippen molar-refractivity contribution in [2.75, 3.05) is 6.54 Å². The molecule has 41 heavy (non-hydrogen) atoms. The molecule has 1 unspecified atom stereocenters. The number of rotatable bonds is 14. The average Bonchev–Trinajstić information content (AvgIpc) is 3.27. The third-order valence-corrected chi connectivity index (χ3v) is 7.74. The zero-order valence-corrected chi connectivity index (χ0v) is 24.8. The van der Waals surface area contributed by atoms with E-state index in [1.54, 1.807) is 24.3 Å². The van der Waals surface area contributed by atoms with E-state index in [-0.39, 0.29) is 24.8 Å². The number of hydrogen-bond acceptors (Lipinski definition) is 4. The number of fused-ring (bicyclic) bond motifs is 1. The van der Waals surface area contributed by atoms with Crippen LogP contribution in [0.5, 0.6) is 5.75 Å². The highest BCUT2D eigenvalue weighted by Gasteiger charge is 2.21. The van der Waals surface area contributed by atoms with Crippen LogP contribution in [0.25, 0.3) is 11.0 Å². The number of amides is 1. The maximum Gasteiger partial charge on any atom is 0.305 e. The summed E-state index contributed by atoms with van der Waals surface area (Å²) in [5.41, 5.74) is 4.27. The van der Waals surface area contributed by atoms with Crippen LogP contribution < -0.4 is 10.1 Å². The lowest BCUT2D eigenvalue weighted by molar-refractivity contribution is -0.136. The van der Waals surface area contributed by atoms with Gasteiger partial charge in [0.05, 0.1) is 17.5 Å². The van der Waals surface area contributed by atoms with Crippen LogP contribution in [0.1, 0.15) is 78.7 Å². The molecular weight excluding hydrogens is 561 g/mol. The van der Waals surface area contributed by atoms with E-state index in [1.807, 2.05) is 43.4 Å². The first kappa shape index (κ1) is 30.4. The second-order valence-corrected chi connectivity index (χ2v) is 11.0. The number of nitrogens with one attached hydrogen (secondary N) is 1. The SMILES string of the molecule is CCCCCCC(c1ccc(C(=O)NCCC(=O)O)cc1)c1nc2cc(OCc3ccc(Cl)cc3Cl)ccc2n1C. The summed E-state index contributed by atoms with van der Waals surface area (Å²) in [4.78, 5) is 28.3. The molecule has 4 aromatic rings. The number of aryl methyl sites for hydroxylation is 1. The molecule has 0 aliphatic carbocycles. The Bertz CT molecular complexity index is 1500. The Balaban J connectivity index is 1.56. The normalized spacial score (nSPS) is 11.9. The third-order valence-electron chi connectivity index (χ3n) is 7.15. The first-order valence-corrected chi connectivity index (χ1v) is 14.7. The van der Waals surface area contributed by atoms with Gasteiger partial charge in [-0.25, -0.2) is 4.98 Å². The Morgan fingerprint density at radius 1 is 1.02 bits per heavy atom. The minimum atomic E-state index is -0.946. The van der Waals surface area contributed by atoms with Crippen LogP contribution in [0.2, 0.25) is 10.0 Å². The molecule has 9 heteroatoms. The van der Waals surface area contributed by atoms with Gasteiger partial charge in [0.15, 0.2) is 0 Å². The van der Waals surface area contributed by atoms with Gasteiger partial charge in [-0.15, -0.1) is 0 Å². The largest absolute Gasteiger partial charge is 0.489 e. The fraction of sp³-hybridized carbons (Fsp3) is 0.344. The van der Waals surface area contributed by atoms with Crippen molar-refractivity contribution in [1.29, 1.82) is 0 Å². The highest BCUT2D eigenvalue weighted by Crippen LogP contribution is 2.33. The number of halogens is 2. The van der Waals surface area contributed by atoms with Crippen LogP contribution >= 0.6 is 23.2 Å². The van der Waals surface area contributed by atoms with Crippen LogP contribution in [-0.2, 0) is 18.4 Å². The Kier molecular flexibility index (Phi) is 10.7. The summed E-state index contributed by atoms with van der Waals surface area (Å²) < 4.78 is 8.17. The second kappa shape index (κ2) is 14.4. The molecular formula is C32H35Cl2N3O4. The van der Waals surface area contributed by atoms with Gasteiger partial charge in [0.2, 0.25) is 0 Å². The zero-order chi connectivity index (χ0) is 29.4. The lowest BCUT2D eigenvalue weighted by Crippen LogP contribution is -2.26. The molecule has 2 N–H and O–H groups in total. The number of carboxylic acids is 1. The van der Waals surface area contributed by atoms with Crippen LogP contribution in [0, 0.1) is 0 Å². The molecule has 7 nitrogen and oxygen atoms in total. The van der Waals surface area contributed by atoms with Crippen molar-refractivity contribution in [3.05, 3.63) is 93.2 Å². The Morgan fingerprint density at radius 2 is 1.80 bits per heavy atom. The number of aliphatic carboxylic acids is 1. The number of ether oxygens (including phenoxy) is 1. The van der Waals surface area contributed by atoms with E-state index in [9.17, 15) is 9.59 Å². The van der Waals surface area contributed by atoms with Gasteiger partial charge < -0.3 is 19.7 Å². The molecule has 216 valence electrons. The molecule has 0 aliphatic heterocycles. The van der Waals surface area contributed by atoms with Gasteiger partial charge in [0.25, 0.3) is 5.91 Å². The summed E-state index contributed by atoms with van der Waals surface area (Å²) in [6.07, 6.45) is 5.37. The van der Waals surface area contributed by atoms with Crippen molar-refractivity contribution >= 4 is 46.1 Å². The number of hydrogen-bond donors (Lipinski definition) is 2. The van der Waals surface area contributed by atoms with Crippen molar-refractivity contribution < 1.29 is 19.4 Å². The highest BCUT2D eigenvalue weighted by molar-refractivity contribution is 6.35. The van der Waals surface area contributed by atoms with Gasteiger partial charge in [-0.2, -0.15) is 0 Å². The zero-order valence-electron chi connectivity index (χ0n) is 23.3. The van der Waals surface area contributed by atoms with Crippen molar-refractivity contribution in [2.45, 2.75) is 58.0 Å². The summed E-state index contributed by atoms with van der Waals surface area (Å²) in [6, 6.07) is 18.8. The highest BCUT2D eigenvalue weighted by atomic mass is 35.5. The predicted octanol–water partition coefficient (Wildman–Crippen LogP) is 7.77. The summed E-state index contributed by atoms with van der Waals surface area (Å²) >= 11 is 12.3. The van der Waals surface area contributed by atoms with E-state index in [0.717, 1.165) is 53.7 Å². The maximum absolute atomic E-state index is 12.5. The van der Waals surface area contributed by atoms with Crippen molar-refractivity contribution in [2.24, 2.45) is 7.05 Å². The monoisotopic (exact) mass is 595 g/mol. The Labute approximate surface area is 250 Å². The standard InChI is InChI=1S/C32H35Cl2N3O4/c1-3-4-5-6-7-26(21-8-10-22(11-9-21)32(40)35-17-16-30(38)39)31-36-28-19-25(14-15-29(28)37(31)2)41-20-23-12-13-24(33)18-27(23)34/h8-15,18-19,26H,3-7,16-17,20H2,1-2H3,(H,35,40)(H,38,39). The molecule has 0 fully saturated rings. The van der Waals surface area contributed by atoms with Crippen molar-refractivity contribution in [1.82, 2.24) is 14.9 Å². The number of carbonyl (C=O) groups excluding carboxylic acids is 1. The number of carboxylic acid groups (broad SMARTS) is 1. The molecule has 1 amide bonds. The summed E-state index contributed by atoms with van der Waals surface area (Å²) in [5.74, 6) is 0.468. The van der Waals surface area contributed by atoms with Crippen molar-refractivity contribution in [3.63, 3.8) is 0 Å². The minimum absolute atomic E-state index is 0.0469. The molecule has 1 atom stereocenters. The molecule has 0 radical (unpaired) electrons. The number of imidazole rings is 1. The van der Waals surface area contributed by atoms with Crippen LogP contribution in [0.4, 0.5) is 0 Å². The molecule has 0 bridgehead atoms. The van der Waals surface area contributed by atoms with Gasteiger partial charge in [-0.3, -0.25) is 9.59 Å². The molecule has 3 aromatic carbocycles. The lowest BCUT2D eigenvalue weighted by atomic mass is 9.91. The van der Waals surface area contributed by atoms with E-state index in [0.29, 0.717) is 28.0 Å². The number of carbonyl (C=O) groups is 2. The minimum Gasteiger partial charge on any atom is -0.489 e. The number of benzene rings is 3. The van der Waals surface area contributed by atoms with E-state index in [2.05, 4.69) is 16.8 Å². The van der Waals surface area contributed by atoms with Crippen molar-refractivity contribution in [3.8, 4) is 5.75 Å². The molecule has 0 aliphatic rings. The first-order valence-electron chi connectivity index (χ1n) is 13.9. The molecule has 0 spiro atoms. The number of unbranched alkanes of at least 4 members (excludes halogenated alkanes) is 3.